The quantitative estimate of drug-likeness (QED) is 0.880. The molecular weight excluding hydrogens is 300 g/mol. The summed E-state index contributed by atoms with van der Waals surface area (Å²) >= 11 is 4.87. The van der Waals surface area contributed by atoms with E-state index in [1.54, 1.807) is 13.3 Å². The minimum atomic E-state index is 0.643. The first kappa shape index (κ1) is 12.3. The summed E-state index contributed by atoms with van der Waals surface area (Å²) in [7, 11) is 1.61. The molecule has 0 aliphatic heterocycles. The lowest BCUT2D eigenvalue weighted by molar-refractivity contribution is 0.416. The van der Waals surface area contributed by atoms with Gasteiger partial charge in [0.15, 0.2) is 0 Å². The molecule has 0 fully saturated rings. The molecule has 0 amide bonds. The lowest BCUT2D eigenvalue weighted by Crippen LogP contribution is -1.94. The first-order valence-electron chi connectivity index (χ1n) is 4.92. The summed E-state index contributed by atoms with van der Waals surface area (Å²) < 4.78 is 6.13. The predicted molar refractivity (Wildman–Crippen MR) is 73.5 cm³/mol. The van der Waals surface area contributed by atoms with Crippen molar-refractivity contribution in [2.75, 3.05) is 12.8 Å². The SMILES string of the molecule is COc1cccc(Sc2ccc(Br)cn2)c1N. The van der Waals surface area contributed by atoms with E-state index in [0.717, 1.165) is 14.4 Å². The van der Waals surface area contributed by atoms with Crippen LogP contribution in [-0.4, -0.2) is 12.1 Å². The third-order valence-corrected chi connectivity index (χ3v) is 3.66. The maximum atomic E-state index is 5.99. The van der Waals surface area contributed by atoms with Crippen LogP contribution in [0.5, 0.6) is 5.75 Å². The number of rotatable bonds is 3. The average molecular weight is 311 g/mol. The van der Waals surface area contributed by atoms with Gasteiger partial charge < -0.3 is 10.5 Å². The van der Waals surface area contributed by atoms with Gasteiger partial charge in [-0.05, 0) is 40.2 Å². The fourth-order valence-electron chi connectivity index (χ4n) is 1.33. The Bertz CT molecular complexity index is 516. The number of hydrogen-bond acceptors (Lipinski definition) is 4. The Morgan fingerprint density at radius 3 is 2.76 bits per heavy atom. The van der Waals surface area contributed by atoms with Crippen LogP contribution in [0.2, 0.25) is 0 Å². The molecule has 2 aromatic rings. The van der Waals surface area contributed by atoms with Crippen molar-refractivity contribution in [3.05, 3.63) is 41.0 Å². The normalized spacial score (nSPS) is 10.2. The number of nitrogen functional groups attached to an aromatic ring is 1. The van der Waals surface area contributed by atoms with Crippen LogP contribution in [0.3, 0.4) is 0 Å². The summed E-state index contributed by atoms with van der Waals surface area (Å²) in [6, 6.07) is 9.59. The van der Waals surface area contributed by atoms with Crippen LogP contribution >= 0.6 is 27.7 Å². The van der Waals surface area contributed by atoms with Gasteiger partial charge in [0.25, 0.3) is 0 Å². The Hall–Kier alpha value is -1.20. The number of benzene rings is 1. The van der Waals surface area contributed by atoms with Crippen molar-refractivity contribution in [1.29, 1.82) is 0 Å². The smallest absolute Gasteiger partial charge is 0.142 e. The van der Waals surface area contributed by atoms with E-state index < -0.39 is 0 Å². The molecule has 3 nitrogen and oxygen atoms in total. The average Bonchev–Trinajstić information content (AvgIpc) is 2.35. The zero-order valence-electron chi connectivity index (χ0n) is 9.18. The van der Waals surface area contributed by atoms with Crippen molar-refractivity contribution in [3.63, 3.8) is 0 Å². The standard InChI is InChI=1S/C12H11BrN2OS/c1-16-9-3-2-4-10(12(9)14)17-11-6-5-8(13)7-15-11/h2-7H,14H2,1H3. The molecular formula is C12H11BrN2OS. The zero-order chi connectivity index (χ0) is 12.3. The molecule has 17 heavy (non-hydrogen) atoms. The molecule has 0 aliphatic carbocycles. The summed E-state index contributed by atoms with van der Waals surface area (Å²) in [6.45, 7) is 0. The first-order chi connectivity index (χ1) is 8.20. The van der Waals surface area contributed by atoms with Gasteiger partial charge in [0.2, 0.25) is 0 Å². The van der Waals surface area contributed by atoms with Crippen LogP contribution in [0.25, 0.3) is 0 Å². The maximum Gasteiger partial charge on any atom is 0.142 e. The van der Waals surface area contributed by atoms with Crippen molar-refractivity contribution in [3.8, 4) is 5.75 Å². The Morgan fingerprint density at radius 1 is 1.29 bits per heavy atom. The van der Waals surface area contributed by atoms with Gasteiger partial charge in [-0.15, -0.1) is 0 Å². The number of methoxy groups -OCH3 is 1. The fraction of sp³-hybridized carbons (Fsp3) is 0.0833. The van der Waals surface area contributed by atoms with Crippen molar-refractivity contribution < 1.29 is 4.74 Å². The van der Waals surface area contributed by atoms with E-state index in [-0.39, 0.29) is 0 Å². The number of anilines is 1. The Labute approximate surface area is 113 Å². The molecule has 1 aromatic heterocycles. The van der Waals surface area contributed by atoms with Gasteiger partial charge in [-0.1, -0.05) is 17.8 Å². The number of para-hydroxylation sites is 1. The van der Waals surface area contributed by atoms with Crippen LogP contribution in [0.15, 0.2) is 50.9 Å². The molecule has 88 valence electrons. The molecule has 0 spiro atoms. The van der Waals surface area contributed by atoms with Gasteiger partial charge in [0.05, 0.1) is 12.8 Å². The highest BCUT2D eigenvalue weighted by Gasteiger charge is 2.07. The van der Waals surface area contributed by atoms with Gasteiger partial charge in [0.1, 0.15) is 10.8 Å². The van der Waals surface area contributed by atoms with E-state index >= 15 is 0 Å². The molecule has 0 unspecified atom stereocenters. The van der Waals surface area contributed by atoms with E-state index in [1.807, 2.05) is 30.3 Å². The molecule has 1 heterocycles. The lowest BCUT2D eigenvalue weighted by atomic mass is 10.3. The molecule has 1 aromatic carbocycles. The van der Waals surface area contributed by atoms with Gasteiger partial charge in [-0.3, -0.25) is 0 Å². The van der Waals surface area contributed by atoms with Crippen LogP contribution in [0, 0.1) is 0 Å². The van der Waals surface area contributed by atoms with Gasteiger partial charge in [-0.2, -0.15) is 0 Å². The second-order valence-corrected chi connectivity index (χ2v) is 5.27. The molecule has 2 N–H and O–H groups in total. The second kappa shape index (κ2) is 5.42. The number of aromatic nitrogens is 1. The monoisotopic (exact) mass is 310 g/mol. The molecule has 0 saturated heterocycles. The van der Waals surface area contributed by atoms with Crippen LogP contribution in [0.4, 0.5) is 5.69 Å². The summed E-state index contributed by atoms with van der Waals surface area (Å²) in [4.78, 5) is 5.23. The predicted octanol–water partition coefficient (Wildman–Crippen LogP) is 3.59. The number of ether oxygens (including phenoxy) is 1. The topological polar surface area (TPSA) is 48.1 Å². The molecule has 2 rings (SSSR count). The van der Waals surface area contributed by atoms with Gasteiger partial charge in [-0.25, -0.2) is 4.98 Å². The second-order valence-electron chi connectivity index (χ2n) is 3.29. The molecule has 0 saturated carbocycles. The Kier molecular flexibility index (Phi) is 3.91. The van der Waals surface area contributed by atoms with Crippen molar-refractivity contribution >= 4 is 33.4 Å². The highest BCUT2D eigenvalue weighted by molar-refractivity contribution is 9.10. The largest absolute Gasteiger partial charge is 0.495 e. The fourth-order valence-corrected chi connectivity index (χ4v) is 2.38. The third-order valence-electron chi connectivity index (χ3n) is 2.16. The lowest BCUT2D eigenvalue weighted by Gasteiger charge is -2.08. The summed E-state index contributed by atoms with van der Waals surface area (Å²) in [5, 5.41) is 0.896. The Balaban J connectivity index is 2.27. The van der Waals surface area contributed by atoms with Gasteiger partial charge in [0, 0.05) is 15.6 Å². The highest BCUT2D eigenvalue weighted by atomic mass is 79.9. The molecule has 0 radical (unpaired) electrons. The van der Waals surface area contributed by atoms with Crippen molar-refractivity contribution in [2.24, 2.45) is 0 Å². The number of nitrogens with zero attached hydrogens (tertiary/aromatic N) is 1. The number of halogens is 1. The number of hydrogen-bond donors (Lipinski definition) is 1. The minimum Gasteiger partial charge on any atom is -0.495 e. The van der Waals surface area contributed by atoms with E-state index in [9.17, 15) is 0 Å². The summed E-state index contributed by atoms with van der Waals surface area (Å²) in [6.07, 6.45) is 1.76. The maximum absolute atomic E-state index is 5.99. The van der Waals surface area contributed by atoms with E-state index in [1.165, 1.54) is 11.8 Å². The third kappa shape index (κ3) is 2.92. The Morgan fingerprint density at radius 2 is 2.12 bits per heavy atom. The van der Waals surface area contributed by atoms with Crippen LogP contribution < -0.4 is 10.5 Å². The minimum absolute atomic E-state index is 0.643. The molecule has 0 aliphatic rings. The molecule has 5 heteroatoms. The molecule has 0 atom stereocenters. The van der Waals surface area contributed by atoms with E-state index in [0.29, 0.717) is 11.4 Å². The van der Waals surface area contributed by atoms with Crippen molar-refractivity contribution in [2.45, 2.75) is 9.92 Å². The number of nitrogens with two attached hydrogens (primary N) is 1. The molecule has 0 bridgehead atoms. The summed E-state index contributed by atoms with van der Waals surface area (Å²) in [5.41, 5.74) is 6.63. The van der Waals surface area contributed by atoms with Gasteiger partial charge >= 0.3 is 0 Å². The highest BCUT2D eigenvalue weighted by Crippen LogP contribution is 2.36. The van der Waals surface area contributed by atoms with E-state index in [4.69, 9.17) is 10.5 Å². The number of pyridine rings is 1. The zero-order valence-corrected chi connectivity index (χ0v) is 11.6. The van der Waals surface area contributed by atoms with E-state index in [2.05, 4.69) is 20.9 Å². The van der Waals surface area contributed by atoms with Crippen LogP contribution in [-0.2, 0) is 0 Å². The first-order valence-corrected chi connectivity index (χ1v) is 6.53. The summed E-state index contributed by atoms with van der Waals surface area (Å²) in [5.74, 6) is 0.687. The van der Waals surface area contributed by atoms with Crippen LogP contribution in [0.1, 0.15) is 0 Å². The van der Waals surface area contributed by atoms with Crippen molar-refractivity contribution in [1.82, 2.24) is 4.98 Å².